The SMILES string of the molecule is CC1(OCC(C)(C(C)(C)C)C(C)(C)C)C2CC3CC(C2)CC1C3. The summed E-state index contributed by atoms with van der Waals surface area (Å²) < 4.78 is 6.92. The van der Waals surface area contributed by atoms with Crippen molar-refractivity contribution in [3.63, 3.8) is 0 Å². The standard InChI is InChI=1S/C22H40O/c1-19(2,3)21(7,20(4,5)6)14-23-22(8)17-10-15-9-16(12-17)13-18(22)11-15/h15-18H,9-14H2,1-8H3. The second-order valence-corrected chi connectivity index (χ2v) is 11.6. The van der Waals surface area contributed by atoms with Crippen LogP contribution in [0.4, 0.5) is 0 Å². The van der Waals surface area contributed by atoms with Crippen LogP contribution in [0.15, 0.2) is 0 Å². The van der Waals surface area contributed by atoms with Crippen molar-refractivity contribution in [1.82, 2.24) is 0 Å². The van der Waals surface area contributed by atoms with Crippen molar-refractivity contribution < 1.29 is 4.74 Å². The predicted octanol–water partition coefficient (Wildman–Crippen LogP) is 6.32. The molecule has 4 fully saturated rings. The molecule has 1 heteroatoms. The minimum absolute atomic E-state index is 0.144. The van der Waals surface area contributed by atoms with Crippen LogP contribution in [-0.4, -0.2) is 12.2 Å². The van der Waals surface area contributed by atoms with E-state index in [1.165, 1.54) is 32.1 Å². The van der Waals surface area contributed by atoms with E-state index in [1.807, 2.05) is 0 Å². The van der Waals surface area contributed by atoms with Gasteiger partial charge in [-0.1, -0.05) is 48.5 Å². The van der Waals surface area contributed by atoms with Gasteiger partial charge in [0.15, 0.2) is 0 Å². The maximum atomic E-state index is 6.92. The van der Waals surface area contributed by atoms with Gasteiger partial charge in [-0.05, 0) is 73.5 Å². The van der Waals surface area contributed by atoms with E-state index in [0.717, 1.165) is 30.3 Å². The Bertz CT molecular complexity index is 406. The lowest BCUT2D eigenvalue weighted by atomic mass is 9.50. The Morgan fingerprint density at radius 1 is 0.739 bits per heavy atom. The van der Waals surface area contributed by atoms with E-state index in [4.69, 9.17) is 4.74 Å². The van der Waals surface area contributed by atoms with Crippen LogP contribution in [0.5, 0.6) is 0 Å². The van der Waals surface area contributed by atoms with E-state index in [2.05, 4.69) is 55.4 Å². The summed E-state index contributed by atoms with van der Waals surface area (Å²) in [5.41, 5.74) is 0.809. The van der Waals surface area contributed by atoms with E-state index in [9.17, 15) is 0 Å². The number of ether oxygens (including phenoxy) is 1. The first-order valence-electron chi connectivity index (χ1n) is 10.0. The Kier molecular flexibility index (Phi) is 4.04. The fourth-order valence-electron chi connectivity index (χ4n) is 6.21. The lowest BCUT2D eigenvalue weighted by Gasteiger charge is -2.61. The predicted molar refractivity (Wildman–Crippen MR) is 98.4 cm³/mol. The fraction of sp³-hybridized carbons (Fsp3) is 1.00. The maximum absolute atomic E-state index is 6.92. The third-order valence-corrected chi connectivity index (χ3v) is 8.74. The van der Waals surface area contributed by atoms with Crippen molar-refractivity contribution in [1.29, 1.82) is 0 Å². The van der Waals surface area contributed by atoms with Crippen LogP contribution in [0.1, 0.15) is 87.5 Å². The molecule has 0 aromatic rings. The molecular formula is C22H40O. The van der Waals surface area contributed by atoms with Gasteiger partial charge in [0.25, 0.3) is 0 Å². The van der Waals surface area contributed by atoms with Crippen LogP contribution >= 0.6 is 0 Å². The molecule has 0 amide bonds. The van der Waals surface area contributed by atoms with Gasteiger partial charge in [-0.15, -0.1) is 0 Å². The average molecular weight is 321 g/mol. The number of hydrogen-bond acceptors (Lipinski definition) is 1. The van der Waals surface area contributed by atoms with Crippen LogP contribution in [0.3, 0.4) is 0 Å². The van der Waals surface area contributed by atoms with E-state index in [-0.39, 0.29) is 21.8 Å². The Hall–Kier alpha value is -0.0400. The summed E-state index contributed by atoms with van der Waals surface area (Å²) in [4.78, 5) is 0. The second kappa shape index (κ2) is 5.23. The van der Waals surface area contributed by atoms with Crippen LogP contribution in [0.25, 0.3) is 0 Å². The maximum Gasteiger partial charge on any atom is 0.0711 e. The zero-order chi connectivity index (χ0) is 17.3. The van der Waals surface area contributed by atoms with Gasteiger partial charge >= 0.3 is 0 Å². The third kappa shape index (κ3) is 2.70. The fourth-order valence-corrected chi connectivity index (χ4v) is 6.21. The third-order valence-electron chi connectivity index (χ3n) is 8.74. The molecule has 0 aliphatic heterocycles. The summed E-state index contributed by atoms with van der Waals surface area (Å²) >= 11 is 0. The van der Waals surface area contributed by atoms with E-state index in [0.29, 0.717) is 0 Å². The molecular weight excluding hydrogens is 280 g/mol. The molecule has 23 heavy (non-hydrogen) atoms. The Morgan fingerprint density at radius 3 is 1.48 bits per heavy atom. The topological polar surface area (TPSA) is 9.23 Å². The number of rotatable bonds is 3. The molecule has 0 aromatic carbocycles. The Balaban J connectivity index is 1.79. The monoisotopic (exact) mass is 320 g/mol. The minimum atomic E-state index is 0.144. The Morgan fingerprint density at radius 2 is 1.13 bits per heavy atom. The molecule has 0 atom stereocenters. The Labute approximate surface area is 144 Å². The van der Waals surface area contributed by atoms with Gasteiger partial charge in [0.05, 0.1) is 12.2 Å². The molecule has 0 unspecified atom stereocenters. The second-order valence-electron chi connectivity index (χ2n) is 11.6. The van der Waals surface area contributed by atoms with Crippen LogP contribution < -0.4 is 0 Å². The molecule has 4 saturated carbocycles. The van der Waals surface area contributed by atoms with Gasteiger partial charge in [0.1, 0.15) is 0 Å². The molecule has 0 saturated heterocycles. The quantitative estimate of drug-likeness (QED) is 0.591. The summed E-state index contributed by atoms with van der Waals surface area (Å²) in [6.45, 7) is 20.2. The highest BCUT2D eigenvalue weighted by Crippen LogP contribution is 2.60. The van der Waals surface area contributed by atoms with Crippen molar-refractivity contribution in [2.45, 2.75) is 93.1 Å². The first-order chi connectivity index (χ1) is 10.4. The smallest absolute Gasteiger partial charge is 0.0711 e. The minimum Gasteiger partial charge on any atom is -0.374 e. The van der Waals surface area contributed by atoms with E-state index in [1.54, 1.807) is 0 Å². The first kappa shape index (κ1) is 17.8. The lowest BCUT2D eigenvalue weighted by Crippen LogP contribution is -2.59. The molecule has 0 radical (unpaired) electrons. The molecule has 4 aliphatic rings. The molecule has 1 nitrogen and oxygen atoms in total. The van der Waals surface area contributed by atoms with Crippen molar-refractivity contribution in [3.8, 4) is 0 Å². The summed E-state index contributed by atoms with van der Waals surface area (Å²) in [6, 6.07) is 0. The van der Waals surface area contributed by atoms with Crippen molar-refractivity contribution in [2.24, 2.45) is 39.9 Å². The molecule has 4 bridgehead atoms. The number of hydrogen-bond donors (Lipinski definition) is 0. The van der Waals surface area contributed by atoms with Crippen LogP contribution in [-0.2, 0) is 4.74 Å². The van der Waals surface area contributed by atoms with Gasteiger partial charge in [-0.2, -0.15) is 0 Å². The zero-order valence-corrected chi connectivity index (χ0v) is 17.0. The lowest BCUT2D eigenvalue weighted by molar-refractivity contribution is -0.225. The van der Waals surface area contributed by atoms with Gasteiger partial charge in [-0.25, -0.2) is 0 Å². The highest BCUT2D eigenvalue weighted by Gasteiger charge is 2.57. The van der Waals surface area contributed by atoms with Crippen LogP contribution in [0, 0.1) is 39.9 Å². The van der Waals surface area contributed by atoms with Crippen molar-refractivity contribution >= 4 is 0 Å². The summed E-state index contributed by atoms with van der Waals surface area (Å²) in [5, 5.41) is 0. The summed E-state index contributed by atoms with van der Waals surface area (Å²) in [7, 11) is 0. The van der Waals surface area contributed by atoms with Gasteiger partial charge in [0.2, 0.25) is 0 Å². The summed E-state index contributed by atoms with van der Waals surface area (Å²) in [5.74, 6) is 3.68. The molecule has 0 N–H and O–H groups in total. The largest absolute Gasteiger partial charge is 0.374 e. The summed E-state index contributed by atoms with van der Waals surface area (Å²) in [6.07, 6.45) is 7.26. The average Bonchev–Trinajstić information content (AvgIpc) is 2.39. The highest BCUT2D eigenvalue weighted by atomic mass is 16.5. The van der Waals surface area contributed by atoms with E-state index >= 15 is 0 Å². The van der Waals surface area contributed by atoms with Gasteiger partial charge < -0.3 is 4.74 Å². The van der Waals surface area contributed by atoms with Gasteiger partial charge in [0, 0.05) is 5.41 Å². The van der Waals surface area contributed by atoms with Gasteiger partial charge in [-0.3, -0.25) is 0 Å². The van der Waals surface area contributed by atoms with Crippen LogP contribution in [0.2, 0.25) is 0 Å². The van der Waals surface area contributed by atoms with E-state index < -0.39 is 0 Å². The first-order valence-corrected chi connectivity index (χ1v) is 10.0. The van der Waals surface area contributed by atoms with Crippen molar-refractivity contribution in [2.75, 3.05) is 6.61 Å². The van der Waals surface area contributed by atoms with Crippen molar-refractivity contribution in [3.05, 3.63) is 0 Å². The molecule has 4 aliphatic carbocycles. The zero-order valence-electron chi connectivity index (χ0n) is 17.0. The normalized spacial score (nSPS) is 40.7. The molecule has 0 aromatic heterocycles. The molecule has 0 spiro atoms. The highest BCUT2D eigenvalue weighted by molar-refractivity contribution is 5.06. The molecule has 4 rings (SSSR count). The molecule has 0 heterocycles. The molecule has 134 valence electrons.